The zero-order chi connectivity index (χ0) is 26.7. The van der Waals surface area contributed by atoms with Gasteiger partial charge in [0.1, 0.15) is 12.1 Å². The highest BCUT2D eigenvalue weighted by atomic mass is 16.5. The molecule has 0 unspecified atom stereocenters. The average molecular weight is 519 g/mol. The summed E-state index contributed by atoms with van der Waals surface area (Å²) in [5.74, 6) is 2.42. The van der Waals surface area contributed by atoms with Gasteiger partial charge in [0.05, 0.1) is 37.8 Å². The van der Waals surface area contributed by atoms with E-state index in [9.17, 15) is 4.79 Å². The van der Waals surface area contributed by atoms with Crippen LogP contribution in [0.25, 0.3) is 21.8 Å². The van der Waals surface area contributed by atoms with Crippen molar-refractivity contribution < 1.29 is 23.7 Å². The summed E-state index contributed by atoms with van der Waals surface area (Å²) in [5, 5.41) is 4.82. The number of benzene rings is 2. The molecule has 9 nitrogen and oxygen atoms in total. The summed E-state index contributed by atoms with van der Waals surface area (Å²) in [5.41, 5.74) is 3.80. The minimum atomic E-state index is 0.0626. The summed E-state index contributed by atoms with van der Waals surface area (Å²) in [6, 6.07) is 9.82. The van der Waals surface area contributed by atoms with Crippen LogP contribution in [-0.4, -0.2) is 54.3 Å². The second-order valence-electron chi connectivity index (χ2n) is 10.3. The van der Waals surface area contributed by atoms with Crippen LogP contribution in [0.3, 0.4) is 0 Å². The Kier molecular flexibility index (Phi) is 7.37. The van der Waals surface area contributed by atoms with Crippen molar-refractivity contribution in [3.63, 3.8) is 0 Å². The van der Waals surface area contributed by atoms with Crippen LogP contribution in [0.15, 0.2) is 36.7 Å². The SMILES string of the molecule is COc1cc2c(Oc3ccc4[nH]c(C)cc4c3)ncnc2c(C)c1OCCCCC(=O)NCC1(C)COC1. The van der Waals surface area contributed by atoms with Crippen LogP contribution in [-0.2, 0) is 9.53 Å². The molecule has 0 aliphatic carbocycles. The number of fused-ring (bicyclic) bond motifs is 2. The fraction of sp³-hybridized carbons (Fsp3) is 0.414. The molecule has 38 heavy (non-hydrogen) atoms. The topological polar surface area (TPSA) is 108 Å². The summed E-state index contributed by atoms with van der Waals surface area (Å²) in [7, 11) is 1.61. The first kappa shape index (κ1) is 25.8. The maximum atomic E-state index is 12.2. The maximum absolute atomic E-state index is 12.2. The molecule has 1 saturated heterocycles. The van der Waals surface area contributed by atoms with Crippen molar-refractivity contribution >= 4 is 27.7 Å². The third-order valence-electron chi connectivity index (χ3n) is 6.86. The van der Waals surface area contributed by atoms with Gasteiger partial charge in [0.2, 0.25) is 11.8 Å². The van der Waals surface area contributed by atoms with Crippen molar-refractivity contribution in [3.05, 3.63) is 47.9 Å². The molecule has 3 heterocycles. The molecule has 1 aliphatic rings. The van der Waals surface area contributed by atoms with E-state index in [-0.39, 0.29) is 11.3 Å². The number of rotatable bonds is 11. The number of H-pyrrole nitrogens is 1. The van der Waals surface area contributed by atoms with Crippen LogP contribution in [0.4, 0.5) is 0 Å². The van der Waals surface area contributed by atoms with Crippen LogP contribution >= 0.6 is 0 Å². The quantitative estimate of drug-likeness (QED) is 0.262. The summed E-state index contributed by atoms with van der Waals surface area (Å²) in [6.45, 7) is 8.62. The lowest BCUT2D eigenvalue weighted by molar-refractivity contribution is -0.126. The van der Waals surface area contributed by atoms with E-state index in [0.29, 0.717) is 55.9 Å². The molecule has 9 heteroatoms. The number of carbonyl (C=O) groups is 1. The van der Waals surface area contributed by atoms with E-state index >= 15 is 0 Å². The fourth-order valence-corrected chi connectivity index (χ4v) is 4.66. The van der Waals surface area contributed by atoms with Crippen molar-refractivity contribution in [2.45, 2.75) is 40.0 Å². The van der Waals surface area contributed by atoms with Gasteiger partial charge in [0, 0.05) is 40.5 Å². The third-order valence-corrected chi connectivity index (χ3v) is 6.86. The Morgan fingerprint density at radius 3 is 2.76 bits per heavy atom. The van der Waals surface area contributed by atoms with Gasteiger partial charge in [0.15, 0.2) is 11.5 Å². The van der Waals surface area contributed by atoms with E-state index in [1.807, 2.05) is 38.1 Å². The number of nitrogens with one attached hydrogen (secondary N) is 2. The second kappa shape index (κ2) is 10.9. The number of ether oxygens (including phenoxy) is 4. The average Bonchev–Trinajstić information content (AvgIpc) is 3.26. The number of hydrogen-bond donors (Lipinski definition) is 2. The van der Waals surface area contributed by atoms with Gasteiger partial charge in [0.25, 0.3) is 0 Å². The first-order valence-electron chi connectivity index (χ1n) is 12.9. The molecule has 0 atom stereocenters. The molecular weight excluding hydrogens is 484 g/mol. The number of aromatic amines is 1. The molecule has 5 rings (SSSR count). The van der Waals surface area contributed by atoms with Crippen molar-refractivity contribution in [3.8, 4) is 23.1 Å². The maximum Gasteiger partial charge on any atom is 0.230 e. The molecule has 2 aromatic heterocycles. The summed E-state index contributed by atoms with van der Waals surface area (Å²) in [4.78, 5) is 24.4. The first-order chi connectivity index (χ1) is 18.3. The lowest BCUT2D eigenvalue weighted by Gasteiger charge is -2.38. The number of carbonyl (C=O) groups excluding carboxylic acids is 1. The highest BCUT2D eigenvalue weighted by molar-refractivity contribution is 5.90. The van der Waals surface area contributed by atoms with Crippen molar-refractivity contribution in [2.24, 2.45) is 5.41 Å². The summed E-state index contributed by atoms with van der Waals surface area (Å²) >= 11 is 0. The van der Waals surface area contributed by atoms with E-state index in [0.717, 1.165) is 45.9 Å². The van der Waals surface area contributed by atoms with Crippen molar-refractivity contribution in [1.29, 1.82) is 0 Å². The third kappa shape index (κ3) is 5.52. The lowest BCUT2D eigenvalue weighted by atomic mass is 9.89. The second-order valence-corrected chi connectivity index (χ2v) is 10.3. The fourth-order valence-electron chi connectivity index (χ4n) is 4.66. The molecule has 0 radical (unpaired) electrons. The Morgan fingerprint density at radius 2 is 2.00 bits per heavy atom. The zero-order valence-electron chi connectivity index (χ0n) is 22.3. The van der Waals surface area contributed by atoms with E-state index in [1.54, 1.807) is 7.11 Å². The lowest BCUT2D eigenvalue weighted by Crippen LogP contribution is -2.48. The molecule has 4 aromatic rings. The zero-order valence-corrected chi connectivity index (χ0v) is 22.3. The van der Waals surface area contributed by atoms with Gasteiger partial charge >= 0.3 is 0 Å². The van der Waals surface area contributed by atoms with Crippen LogP contribution in [0, 0.1) is 19.3 Å². The van der Waals surface area contributed by atoms with Crippen LogP contribution in [0.5, 0.6) is 23.1 Å². The van der Waals surface area contributed by atoms with E-state index in [4.69, 9.17) is 18.9 Å². The molecule has 1 amide bonds. The molecule has 1 fully saturated rings. The van der Waals surface area contributed by atoms with Gasteiger partial charge in [-0.05, 0) is 57.0 Å². The van der Waals surface area contributed by atoms with Gasteiger partial charge in [-0.2, -0.15) is 0 Å². The molecular formula is C29H34N4O5. The largest absolute Gasteiger partial charge is 0.493 e. The standard InChI is InChI=1S/C29H34N4O5/c1-18-11-20-12-21(8-9-23(20)33-18)38-28-22-13-24(35-4)27(19(2)26(22)31-17-32-28)37-10-6-5-7-25(34)30-14-29(3)15-36-16-29/h8-9,11-13,17,33H,5-7,10,14-16H2,1-4H3,(H,30,34). The number of methoxy groups -OCH3 is 1. The monoisotopic (exact) mass is 518 g/mol. The van der Waals surface area contributed by atoms with Gasteiger partial charge in [-0.25, -0.2) is 9.97 Å². The van der Waals surface area contributed by atoms with Crippen LogP contribution in [0.1, 0.15) is 37.4 Å². The van der Waals surface area contributed by atoms with E-state index < -0.39 is 0 Å². The number of aryl methyl sites for hydroxylation is 2. The Balaban J connectivity index is 1.24. The smallest absolute Gasteiger partial charge is 0.230 e. The Morgan fingerprint density at radius 1 is 1.16 bits per heavy atom. The normalized spacial score (nSPS) is 14.3. The van der Waals surface area contributed by atoms with E-state index in [2.05, 4.69) is 33.3 Å². The van der Waals surface area contributed by atoms with Crippen molar-refractivity contribution in [2.75, 3.05) is 33.5 Å². The molecule has 0 bridgehead atoms. The highest BCUT2D eigenvalue weighted by Crippen LogP contribution is 2.40. The molecule has 2 N–H and O–H groups in total. The molecule has 0 spiro atoms. The molecule has 200 valence electrons. The minimum Gasteiger partial charge on any atom is -0.493 e. The van der Waals surface area contributed by atoms with Gasteiger partial charge in [-0.3, -0.25) is 4.79 Å². The predicted octanol–water partition coefficient (Wildman–Crippen LogP) is 5.23. The van der Waals surface area contributed by atoms with Gasteiger partial charge < -0.3 is 29.2 Å². The number of aromatic nitrogens is 3. The van der Waals surface area contributed by atoms with Crippen LogP contribution < -0.4 is 19.5 Å². The molecule has 0 saturated carbocycles. The van der Waals surface area contributed by atoms with Crippen LogP contribution in [0.2, 0.25) is 0 Å². The summed E-state index contributed by atoms with van der Waals surface area (Å²) < 4.78 is 23.2. The molecule has 1 aliphatic heterocycles. The molecule has 2 aromatic carbocycles. The highest BCUT2D eigenvalue weighted by Gasteiger charge is 2.33. The number of nitrogens with zero attached hydrogens (tertiary/aromatic N) is 2. The predicted molar refractivity (Wildman–Crippen MR) is 145 cm³/mol. The number of unbranched alkanes of at least 4 members (excludes halogenated alkanes) is 1. The van der Waals surface area contributed by atoms with Gasteiger partial charge in [-0.1, -0.05) is 6.92 Å². The number of amides is 1. The van der Waals surface area contributed by atoms with Gasteiger partial charge in [-0.15, -0.1) is 0 Å². The Labute approximate surface area is 221 Å². The Hall–Kier alpha value is -3.85. The minimum absolute atomic E-state index is 0.0626. The van der Waals surface area contributed by atoms with Crippen molar-refractivity contribution in [1.82, 2.24) is 20.3 Å². The Bertz CT molecular complexity index is 1460. The summed E-state index contributed by atoms with van der Waals surface area (Å²) in [6.07, 6.45) is 3.44. The van der Waals surface area contributed by atoms with E-state index in [1.165, 1.54) is 6.33 Å². The first-order valence-corrected chi connectivity index (χ1v) is 12.9. The number of hydrogen-bond acceptors (Lipinski definition) is 7.